The highest BCUT2D eigenvalue weighted by molar-refractivity contribution is 9.10. The Hall–Kier alpha value is -1.17. The van der Waals surface area contributed by atoms with E-state index in [0.29, 0.717) is 18.4 Å². The molecule has 0 spiro atoms. The van der Waals surface area contributed by atoms with E-state index in [-0.39, 0.29) is 6.03 Å². The standard InChI is InChI=1S/C13H19BrN4O/c1-2-18(11-5-3-4-6-11)13(19)17-9-12-15-7-10(14)8-16-12/h7-8,11H,2-6,9H2,1H3,(H,17,19). The maximum Gasteiger partial charge on any atom is 0.318 e. The first kappa shape index (κ1) is 14.2. The van der Waals surface area contributed by atoms with Crippen LogP contribution in [0.4, 0.5) is 4.79 Å². The van der Waals surface area contributed by atoms with Gasteiger partial charge in [-0.3, -0.25) is 0 Å². The van der Waals surface area contributed by atoms with Gasteiger partial charge in [0.2, 0.25) is 0 Å². The summed E-state index contributed by atoms with van der Waals surface area (Å²) in [7, 11) is 0. The Bertz CT molecular complexity index is 417. The summed E-state index contributed by atoms with van der Waals surface area (Å²) in [6, 6.07) is 0.386. The van der Waals surface area contributed by atoms with Crippen LogP contribution in [0.15, 0.2) is 16.9 Å². The van der Waals surface area contributed by atoms with Crippen LogP contribution < -0.4 is 5.32 Å². The van der Waals surface area contributed by atoms with E-state index in [2.05, 4.69) is 31.2 Å². The lowest BCUT2D eigenvalue weighted by molar-refractivity contribution is 0.178. The van der Waals surface area contributed by atoms with Gasteiger partial charge in [0, 0.05) is 25.0 Å². The molecule has 1 aromatic heterocycles. The summed E-state index contributed by atoms with van der Waals surface area (Å²) < 4.78 is 0.837. The number of hydrogen-bond acceptors (Lipinski definition) is 3. The minimum atomic E-state index is -0.0130. The molecule has 104 valence electrons. The van der Waals surface area contributed by atoms with Crippen LogP contribution in [-0.2, 0) is 6.54 Å². The lowest BCUT2D eigenvalue weighted by Crippen LogP contribution is -2.44. The van der Waals surface area contributed by atoms with Crippen molar-refractivity contribution in [3.05, 3.63) is 22.7 Å². The van der Waals surface area contributed by atoms with Gasteiger partial charge < -0.3 is 10.2 Å². The van der Waals surface area contributed by atoms with Crippen molar-refractivity contribution in [1.29, 1.82) is 0 Å². The average Bonchev–Trinajstić information content (AvgIpc) is 2.93. The minimum absolute atomic E-state index is 0.0130. The van der Waals surface area contributed by atoms with Gasteiger partial charge in [-0.25, -0.2) is 14.8 Å². The molecule has 0 radical (unpaired) electrons. The third-order valence-electron chi connectivity index (χ3n) is 3.44. The van der Waals surface area contributed by atoms with Crippen molar-refractivity contribution >= 4 is 22.0 Å². The Kier molecular flexibility index (Phi) is 5.13. The van der Waals surface area contributed by atoms with Crippen LogP contribution >= 0.6 is 15.9 Å². The highest BCUT2D eigenvalue weighted by Gasteiger charge is 2.25. The molecule has 19 heavy (non-hydrogen) atoms. The molecule has 2 amide bonds. The Morgan fingerprint density at radius 2 is 2.05 bits per heavy atom. The Balaban J connectivity index is 1.86. The van der Waals surface area contributed by atoms with Gasteiger partial charge in [0.05, 0.1) is 11.0 Å². The number of carbonyl (C=O) groups excluding carboxylic acids is 1. The summed E-state index contributed by atoms with van der Waals surface area (Å²) in [5, 5.41) is 2.89. The number of nitrogens with zero attached hydrogens (tertiary/aromatic N) is 3. The van der Waals surface area contributed by atoms with Gasteiger partial charge in [0.1, 0.15) is 5.82 Å². The zero-order valence-corrected chi connectivity index (χ0v) is 12.7. The molecule has 1 aliphatic rings. The van der Waals surface area contributed by atoms with Gasteiger partial charge in [-0.1, -0.05) is 12.8 Å². The van der Waals surface area contributed by atoms with E-state index < -0.39 is 0 Å². The Morgan fingerprint density at radius 1 is 1.42 bits per heavy atom. The summed E-state index contributed by atoms with van der Waals surface area (Å²) >= 11 is 3.28. The summed E-state index contributed by atoms with van der Waals surface area (Å²) in [5.41, 5.74) is 0. The molecule has 1 N–H and O–H groups in total. The van der Waals surface area contributed by atoms with E-state index in [1.807, 2.05) is 11.8 Å². The number of carbonyl (C=O) groups is 1. The number of rotatable bonds is 4. The fraction of sp³-hybridized carbons (Fsp3) is 0.615. The van der Waals surface area contributed by atoms with Crippen LogP contribution in [0.2, 0.25) is 0 Å². The van der Waals surface area contributed by atoms with Crippen LogP contribution in [-0.4, -0.2) is 33.5 Å². The van der Waals surface area contributed by atoms with Gasteiger partial charge in [0.15, 0.2) is 0 Å². The first-order valence-corrected chi connectivity index (χ1v) is 7.51. The molecular formula is C13H19BrN4O. The van der Waals surface area contributed by atoms with Crippen molar-refractivity contribution in [1.82, 2.24) is 20.2 Å². The Labute approximate surface area is 121 Å². The fourth-order valence-electron chi connectivity index (χ4n) is 2.47. The monoisotopic (exact) mass is 326 g/mol. The third kappa shape index (κ3) is 3.89. The molecule has 2 rings (SSSR count). The molecule has 1 fully saturated rings. The first-order valence-electron chi connectivity index (χ1n) is 6.71. The number of halogens is 1. The number of nitrogens with one attached hydrogen (secondary N) is 1. The maximum absolute atomic E-state index is 12.2. The van der Waals surface area contributed by atoms with Gasteiger partial charge in [-0.2, -0.15) is 0 Å². The summed E-state index contributed by atoms with van der Waals surface area (Å²) in [4.78, 5) is 22.4. The lowest BCUT2D eigenvalue weighted by atomic mass is 10.2. The lowest BCUT2D eigenvalue weighted by Gasteiger charge is -2.27. The van der Waals surface area contributed by atoms with E-state index in [1.54, 1.807) is 12.4 Å². The van der Waals surface area contributed by atoms with E-state index in [9.17, 15) is 4.79 Å². The summed E-state index contributed by atoms with van der Waals surface area (Å²) in [5.74, 6) is 0.624. The van der Waals surface area contributed by atoms with Crippen molar-refractivity contribution in [3.63, 3.8) is 0 Å². The second-order valence-electron chi connectivity index (χ2n) is 4.70. The van der Waals surface area contributed by atoms with Crippen molar-refractivity contribution in [2.75, 3.05) is 6.54 Å². The predicted molar refractivity (Wildman–Crippen MR) is 76.6 cm³/mol. The Morgan fingerprint density at radius 3 is 2.63 bits per heavy atom. The largest absolute Gasteiger partial charge is 0.331 e. The van der Waals surface area contributed by atoms with Crippen LogP contribution in [0.1, 0.15) is 38.4 Å². The topological polar surface area (TPSA) is 58.1 Å². The molecule has 1 aromatic rings. The summed E-state index contributed by atoms with van der Waals surface area (Å²) in [6.45, 7) is 3.14. The van der Waals surface area contributed by atoms with Gasteiger partial charge >= 0.3 is 6.03 Å². The molecule has 0 saturated heterocycles. The van der Waals surface area contributed by atoms with Gasteiger partial charge in [-0.05, 0) is 35.7 Å². The molecule has 0 atom stereocenters. The number of aromatic nitrogens is 2. The molecular weight excluding hydrogens is 308 g/mol. The highest BCUT2D eigenvalue weighted by Crippen LogP contribution is 2.23. The minimum Gasteiger partial charge on any atom is -0.331 e. The quantitative estimate of drug-likeness (QED) is 0.925. The van der Waals surface area contributed by atoms with Gasteiger partial charge in [0.25, 0.3) is 0 Å². The maximum atomic E-state index is 12.2. The van der Waals surface area contributed by atoms with Crippen LogP contribution in [0.5, 0.6) is 0 Å². The fourth-order valence-corrected chi connectivity index (χ4v) is 2.67. The molecule has 6 heteroatoms. The van der Waals surface area contributed by atoms with Gasteiger partial charge in [-0.15, -0.1) is 0 Å². The third-order valence-corrected chi connectivity index (χ3v) is 3.85. The van der Waals surface area contributed by atoms with E-state index in [1.165, 1.54) is 12.8 Å². The van der Waals surface area contributed by atoms with Crippen LogP contribution in [0, 0.1) is 0 Å². The second-order valence-corrected chi connectivity index (χ2v) is 5.62. The van der Waals surface area contributed by atoms with E-state index in [0.717, 1.165) is 23.9 Å². The summed E-state index contributed by atoms with van der Waals surface area (Å²) in [6.07, 6.45) is 8.06. The van der Waals surface area contributed by atoms with Crippen LogP contribution in [0.25, 0.3) is 0 Å². The number of hydrogen-bond donors (Lipinski definition) is 1. The van der Waals surface area contributed by atoms with Crippen molar-refractivity contribution < 1.29 is 4.79 Å². The predicted octanol–water partition coefficient (Wildman–Crippen LogP) is 2.71. The van der Waals surface area contributed by atoms with Crippen molar-refractivity contribution in [2.24, 2.45) is 0 Å². The molecule has 0 unspecified atom stereocenters. The van der Waals surface area contributed by atoms with Crippen molar-refractivity contribution in [3.8, 4) is 0 Å². The molecule has 5 nitrogen and oxygen atoms in total. The zero-order chi connectivity index (χ0) is 13.7. The van der Waals surface area contributed by atoms with Crippen LogP contribution in [0.3, 0.4) is 0 Å². The number of urea groups is 1. The molecule has 1 saturated carbocycles. The second kappa shape index (κ2) is 6.84. The molecule has 1 aliphatic carbocycles. The molecule has 1 heterocycles. The number of amides is 2. The van der Waals surface area contributed by atoms with E-state index in [4.69, 9.17) is 0 Å². The molecule has 0 aliphatic heterocycles. The van der Waals surface area contributed by atoms with E-state index >= 15 is 0 Å². The zero-order valence-electron chi connectivity index (χ0n) is 11.1. The van der Waals surface area contributed by atoms with Crippen molar-refractivity contribution in [2.45, 2.75) is 45.2 Å². The molecule has 0 bridgehead atoms. The first-order chi connectivity index (χ1) is 9.20. The average molecular weight is 327 g/mol. The molecule has 0 aromatic carbocycles. The SMILES string of the molecule is CCN(C(=O)NCc1ncc(Br)cn1)C1CCCC1. The highest BCUT2D eigenvalue weighted by atomic mass is 79.9. The smallest absolute Gasteiger partial charge is 0.318 e. The normalized spacial score (nSPS) is 15.5.